The highest BCUT2D eigenvalue weighted by Crippen LogP contribution is 2.17. The van der Waals surface area contributed by atoms with Crippen LogP contribution in [0.2, 0.25) is 0 Å². The first kappa shape index (κ1) is 17.9. The number of carbonyl (C=O) groups excluding carboxylic acids is 1. The van der Waals surface area contributed by atoms with Gasteiger partial charge in [0.2, 0.25) is 5.91 Å². The van der Waals surface area contributed by atoms with Crippen molar-refractivity contribution in [2.24, 2.45) is 5.10 Å². The monoisotopic (exact) mass is 308 g/mol. The molecule has 3 nitrogen and oxygen atoms in total. The molecule has 4 heteroatoms. The molecule has 118 valence electrons. The van der Waals surface area contributed by atoms with Crippen molar-refractivity contribution in [1.82, 2.24) is 5.43 Å². The molecule has 0 aliphatic carbocycles. The van der Waals surface area contributed by atoms with E-state index in [9.17, 15) is 4.79 Å². The van der Waals surface area contributed by atoms with Gasteiger partial charge in [-0.1, -0.05) is 46.0 Å². The zero-order chi connectivity index (χ0) is 15.5. The lowest BCUT2D eigenvalue weighted by atomic mass is 10.1. The van der Waals surface area contributed by atoms with E-state index >= 15 is 0 Å². The highest BCUT2D eigenvalue weighted by molar-refractivity contribution is 7.14. The normalized spacial score (nSPS) is 11.7. The molecule has 0 aliphatic heterocycles. The molecule has 0 saturated carbocycles. The lowest BCUT2D eigenvalue weighted by Gasteiger charge is -2.02. The average molecular weight is 308 g/mol. The van der Waals surface area contributed by atoms with Crippen molar-refractivity contribution in [2.75, 3.05) is 0 Å². The van der Waals surface area contributed by atoms with Crippen LogP contribution in [0.4, 0.5) is 0 Å². The molecule has 1 N–H and O–H groups in total. The smallest absolute Gasteiger partial charge is 0.240 e. The van der Waals surface area contributed by atoms with Gasteiger partial charge in [0.25, 0.3) is 0 Å². The molecule has 1 amide bonds. The van der Waals surface area contributed by atoms with Gasteiger partial charge < -0.3 is 0 Å². The molecule has 0 radical (unpaired) electrons. The molecule has 21 heavy (non-hydrogen) atoms. The standard InChI is InChI=1S/C17H28N2OS/c1-4-6-7-8-9-10-11-17(20)19-18-14(3)16-13-12-15(5-2)21-16/h12-13H,4-11H2,1-3H3,(H,19,20)/b18-14+. The van der Waals surface area contributed by atoms with Crippen molar-refractivity contribution >= 4 is 23.0 Å². The predicted octanol–water partition coefficient (Wildman–Crippen LogP) is 4.90. The van der Waals surface area contributed by atoms with E-state index in [1.165, 1.54) is 30.6 Å². The van der Waals surface area contributed by atoms with E-state index in [0.29, 0.717) is 6.42 Å². The van der Waals surface area contributed by atoms with E-state index in [0.717, 1.165) is 29.9 Å². The minimum Gasteiger partial charge on any atom is -0.273 e. The summed E-state index contributed by atoms with van der Waals surface area (Å²) in [5.74, 6) is 0.0251. The van der Waals surface area contributed by atoms with E-state index in [1.807, 2.05) is 6.92 Å². The zero-order valence-electron chi connectivity index (χ0n) is 13.6. The summed E-state index contributed by atoms with van der Waals surface area (Å²) in [6, 6.07) is 4.19. The van der Waals surface area contributed by atoms with Crippen LogP contribution in [0.15, 0.2) is 17.2 Å². The fraction of sp³-hybridized carbons (Fsp3) is 0.647. The Morgan fingerprint density at radius 1 is 1.14 bits per heavy atom. The Hall–Kier alpha value is -1.16. The van der Waals surface area contributed by atoms with Gasteiger partial charge in [-0.25, -0.2) is 5.43 Å². The van der Waals surface area contributed by atoms with Gasteiger partial charge in [0.05, 0.1) is 10.6 Å². The van der Waals surface area contributed by atoms with Crippen molar-refractivity contribution in [3.63, 3.8) is 0 Å². The molecular weight excluding hydrogens is 280 g/mol. The predicted molar refractivity (Wildman–Crippen MR) is 92.0 cm³/mol. The Morgan fingerprint density at radius 3 is 2.52 bits per heavy atom. The largest absolute Gasteiger partial charge is 0.273 e. The third-order valence-electron chi connectivity index (χ3n) is 3.47. The number of unbranched alkanes of at least 4 members (excludes halogenated alkanes) is 5. The van der Waals surface area contributed by atoms with Gasteiger partial charge in [-0.3, -0.25) is 4.79 Å². The molecule has 0 spiro atoms. The summed E-state index contributed by atoms with van der Waals surface area (Å²) < 4.78 is 0. The Labute approximate surface area is 132 Å². The third kappa shape index (κ3) is 7.42. The number of hydrogen-bond acceptors (Lipinski definition) is 3. The number of nitrogens with zero attached hydrogens (tertiary/aromatic N) is 1. The Kier molecular flexibility index (Phi) is 8.99. The number of hydrazone groups is 1. The molecule has 0 unspecified atom stereocenters. The van der Waals surface area contributed by atoms with Gasteiger partial charge in [0.1, 0.15) is 0 Å². The summed E-state index contributed by atoms with van der Waals surface area (Å²) in [5.41, 5.74) is 3.55. The van der Waals surface area contributed by atoms with Crippen molar-refractivity contribution in [3.05, 3.63) is 21.9 Å². The number of hydrogen-bond donors (Lipinski definition) is 1. The molecule has 1 heterocycles. The van der Waals surface area contributed by atoms with Crippen LogP contribution in [0.5, 0.6) is 0 Å². The highest BCUT2D eigenvalue weighted by atomic mass is 32.1. The Morgan fingerprint density at radius 2 is 1.86 bits per heavy atom. The minimum atomic E-state index is 0.0251. The maximum absolute atomic E-state index is 11.7. The van der Waals surface area contributed by atoms with Crippen molar-refractivity contribution in [2.45, 2.75) is 72.1 Å². The van der Waals surface area contributed by atoms with E-state index < -0.39 is 0 Å². The van der Waals surface area contributed by atoms with Crippen LogP contribution < -0.4 is 5.43 Å². The first-order valence-corrected chi connectivity index (χ1v) is 8.91. The molecule has 0 atom stereocenters. The summed E-state index contributed by atoms with van der Waals surface area (Å²) in [5, 5.41) is 4.20. The summed E-state index contributed by atoms with van der Waals surface area (Å²) >= 11 is 1.74. The van der Waals surface area contributed by atoms with Gasteiger partial charge >= 0.3 is 0 Å². The molecule has 0 aliphatic rings. The first-order chi connectivity index (χ1) is 10.2. The van der Waals surface area contributed by atoms with Crippen molar-refractivity contribution in [3.8, 4) is 0 Å². The fourth-order valence-electron chi connectivity index (χ4n) is 2.09. The summed E-state index contributed by atoms with van der Waals surface area (Å²) in [4.78, 5) is 14.2. The van der Waals surface area contributed by atoms with E-state index in [4.69, 9.17) is 0 Å². The minimum absolute atomic E-state index is 0.0251. The van der Waals surface area contributed by atoms with Crippen molar-refractivity contribution < 1.29 is 4.79 Å². The number of amides is 1. The van der Waals surface area contributed by atoms with Crippen molar-refractivity contribution in [1.29, 1.82) is 0 Å². The highest BCUT2D eigenvalue weighted by Gasteiger charge is 2.04. The van der Waals surface area contributed by atoms with Crippen LogP contribution in [0.3, 0.4) is 0 Å². The molecule has 1 aromatic heterocycles. The number of carbonyl (C=O) groups is 1. The topological polar surface area (TPSA) is 41.5 Å². The molecule has 1 rings (SSSR count). The number of thiophene rings is 1. The second-order valence-electron chi connectivity index (χ2n) is 5.37. The second kappa shape index (κ2) is 10.6. The maximum Gasteiger partial charge on any atom is 0.240 e. The SMILES string of the molecule is CCCCCCCCC(=O)N/N=C(\C)c1ccc(CC)s1. The maximum atomic E-state index is 11.7. The van der Waals surface area contributed by atoms with Gasteiger partial charge in [0.15, 0.2) is 0 Å². The second-order valence-corrected chi connectivity index (χ2v) is 6.54. The molecule has 0 saturated heterocycles. The number of aryl methyl sites for hydroxylation is 1. The lowest BCUT2D eigenvalue weighted by molar-refractivity contribution is -0.121. The Balaban J connectivity index is 2.23. The van der Waals surface area contributed by atoms with Crippen LogP contribution in [-0.2, 0) is 11.2 Å². The Bertz CT molecular complexity index is 451. The first-order valence-electron chi connectivity index (χ1n) is 8.09. The molecule has 1 aromatic rings. The average Bonchev–Trinajstić information content (AvgIpc) is 2.97. The van der Waals surface area contributed by atoms with Crippen LogP contribution in [0, 0.1) is 0 Å². The van der Waals surface area contributed by atoms with Gasteiger partial charge in [-0.05, 0) is 31.9 Å². The lowest BCUT2D eigenvalue weighted by Crippen LogP contribution is -2.18. The van der Waals surface area contributed by atoms with Gasteiger partial charge in [-0.15, -0.1) is 11.3 Å². The quantitative estimate of drug-likeness (QED) is 0.373. The van der Waals surface area contributed by atoms with Crippen LogP contribution in [0.25, 0.3) is 0 Å². The van der Waals surface area contributed by atoms with Crippen LogP contribution in [-0.4, -0.2) is 11.6 Å². The molecular formula is C17H28N2OS. The third-order valence-corrected chi connectivity index (χ3v) is 4.81. The molecule has 0 aromatic carbocycles. The number of rotatable bonds is 10. The van der Waals surface area contributed by atoms with E-state index in [2.05, 4.69) is 36.5 Å². The van der Waals surface area contributed by atoms with E-state index in [1.54, 1.807) is 11.3 Å². The van der Waals surface area contributed by atoms with Crippen LogP contribution >= 0.6 is 11.3 Å². The molecule has 0 bridgehead atoms. The summed E-state index contributed by atoms with van der Waals surface area (Å²) in [6.07, 6.45) is 8.80. The molecule has 0 fully saturated rings. The summed E-state index contributed by atoms with van der Waals surface area (Å²) in [7, 11) is 0. The van der Waals surface area contributed by atoms with E-state index in [-0.39, 0.29) is 5.91 Å². The summed E-state index contributed by atoms with van der Waals surface area (Å²) in [6.45, 7) is 6.30. The van der Waals surface area contributed by atoms with Gasteiger partial charge in [0, 0.05) is 11.3 Å². The van der Waals surface area contributed by atoms with Crippen LogP contribution in [0.1, 0.15) is 75.5 Å². The number of nitrogens with one attached hydrogen (secondary N) is 1. The zero-order valence-corrected chi connectivity index (χ0v) is 14.4. The fourth-order valence-corrected chi connectivity index (χ4v) is 2.98. The van der Waals surface area contributed by atoms with Gasteiger partial charge in [-0.2, -0.15) is 5.10 Å².